The Morgan fingerprint density at radius 2 is 1.19 bits per heavy atom. The summed E-state index contributed by atoms with van der Waals surface area (Å²) in [4.78, 5) is 0. The normalized spacial score (nSPS) is 22.0. The van der Waals surface area contributed by atoms with Gasteiger partial charge < -0.3 is 0 Å². The van der Waals surface area contributed by atoms with Crippen molar-refractivity contribution in [2.75, 3.05) is 0 Å². The van der Waals surface area contributed by atoms with Gasteiger partial charge in [0.1, 0.15) is 0 Å². The van der Waals surface area contributed by atoms with Crippen LogP contribution in [0.1, 0.15) is 77.6 Å². The molecule has 0 amide bonds. The van der Waals surface area contributed by atoms with Crippen LogP contribution >= 0.6 is 16.5 Å². The number of hydrogen-bond acceptors (Lipinski definition) is 5. The molecule has 1 fully saturated rings. The minimum absolute atomic E-state index is 0. The molecule has 1 aliphatic rings. The van der Waals surface area contributed by atoms with Crippen LogP contribution in [-0.4, -0.2) is 35.8 Å². The van der Waals surface area contributed by atoms with Crippen molar-refractivity contribution in [2.24, 2.45) is 0 Å². The standard InChI is InChI=1S/C13H26O5P2.Na/c1-2-3-4-5-6-7-8-9-10-11-12-13-16-19(14)18-20(15)17-13;/h13H,2-12H2,1H3;/q+2;. The van der Waals surface area contributed by atoms with Gasteiger partial charge in [0.15, 0.2) is 4.31 Å². The maximum absolute atomic E-state index is 11.0. The molecular weight excluding hydrogens is 321 g/mol. The molecule has 0 aliphatic carbocycles. The zero-order valence-corrected chi connectivity index (χ0v) is 17.1. The van der Waals surface area contributed by atoms with Crippen molar-refractivity contribution in [3.05, 3.63) is 0 Å². The first-order valence-corrected chi connectivity index (χ1v) is 9.87. The molecule has 0 bridgehead atoms. The second-order valence-electron chi connectivity index (χ2n) is 5.14. The third kappa shape index (κ3) is 12.2. The van der Waals surface area contributed by atoms with Gasteiger partial charge in [-0.05, 0) is 6.42 Å². The Kier molecular flexibility index (Phi) is 15.4. The molecule has 5 nitrogen and oxygen atoms in total. The second-order valence-corrected chi connectivity index (χ2v) is 7.11. The van der Waals surface area contributed by atoms with E-state index in [1.54, 1.807) is 0 Å². The third-order valence-corrected chi connectivity index (χ3v) is 5.22. The van der Waals surface area contributed by atoms with Gasteiger partial charge in [-0.25, -0.2) is 0 Å². The minimum atomic E-state index is -2.27. The van der Waals surface area contributed by atoms with E-state index in [4.69, 9.17) is 9.05 Å². The molecule has 117 valence electrons. The number of unbranched alkanes of at least 4 members (excludes halogenated alkanes) is 9. The maximum atomic E-state index is 11.0. The summed E-state index contributed by atoms with van der Waals surface area (Å²) in [6.45, 7) is 2.23. The summed E-state index contributed by atoms with van der Waals surface area (Å²) in [5, 5.41) is 0. The zero-order valence-electron chi connectivity index (χ0n) is 13.3. The molecular formula is C13H26NaO5P2+2. The van der Waals surface area contributed by atoms with Crippen LogP contribution in [0.5, 0.6) is 0 Å². The van der Waals surface area contributed by atoms with Gasteiger partial charge in [-0.1, -0.05) is 73.8 Å². The SMILES string of the molecule is CCCCCCCCCCCCC1O[P+](=O)O[P+](=O)O1.[Na]. The van der Waals surface area contributed by atoms with Gasteiger partial charge in [-0.3, -0.25) is 0 Å². The van der Waals surface area contributed by atoms with E-state index in [-0.39, 0.29) is 29.6 Å². The Morgan fingerprint density at radius 3 is 1.67 bits per heavy atom. The number of rotatable bonds is 11. The first kappa shape index (κ1) is 22.1. The zero-order chi connectivity index (χ0) is 14.6. The van der Waals surface area contributed by atoms with Crippen molar-refractivity contribution in [3.8, 4) is 0 Å². The molecule has 0 spiro atoms. The molecule has 21 heavy (non-hydrogen) atoms. The Hall–Kier alpha value is 1.08. The van der Waals surface area contributed by atoms with Crippen LogP contribution in [0.4, 0.5) is 0 Å². The molecule has 1 saturated heterocycles. The van der Waals surface area contributed by atoms with Crippen molar-refractivity contribution < 1.29 is 22.5 Å². The van der Waals surface area contributed by atoms with Gasteiger partial charge in [0, 0.05) is 45.1 Å². The Labute approximate surface area is 152 Å². The van der Waals surface area contributed by atoms with Crippen LogP contribution < -0.4 is 0 Å². The van der Waals surface area contributed by atoms with Crippen molar-refractivity contribution in [1.29, 1.82) is 0 Å². The van der Waals surface area contributed by atoms with E-state index in [0.29, 0.717) is 6.42 Å². The van der Waals surface area contributed by atoms with Crippen molar-refractivity contribution in [3.63, 3.8) is 0 Å². The molecule has 1 aliphatic heterocycles. The van der Waals surface area contributed by atoms with E-state index in [2.05, 4.69) is 11.2 Å². The van der Waals surface area contributed by atoms with E-state index < -0.39 is 22.8 Å². The van der Waals surface area contributed by atoms with Gasteiger partial charge in [0.2, 0.25) is 0 Å². The summed E-state index contributed by atoms with van der Waals surface area (Å²) >= 11 is 0. The molecule has 8 heteroatoms. The monoisotopic (exact) mass is 347 g/mol. The molecule has 0 aromatic heterocycles. The summed E-state index contributed by atoms with van der Waals surface area (Å²) in [6.07, 6.45) is 12.5. The molecule has 1 rings (SSSR count). The van der Waals surface area contributed by atoms with Crippen LogP contribution in [0, 0.1) is 0 Å². The molecule has 1 heterocycles. The van der Waals surface area contributed by atoms with E-state index in [1.807, 2.05) is 0 Å². The predicted molar refractivity (Wildman–Crippen MR) is 84.5 cm³/mol. The van der Waals surface area contributed by atoms with E-state index in [0.717, 1.165) is 12.8 Å². The smallest absolute Gasteiger partial charge is 0.0789 e. The summed E-state index contributed by atoms with van der Waals surface area (Å²) in [7, 11) is -4.53. The average molecular weight is 347 g/mol. The fourth-order valence-corrected chi connectivity index (χ4v) is 3.70. The van der Waals surface area contributed by atoms with Crippen molar-refractivity contribution in [1.82, 2.24) is 0 Å². The second kappa shape index (κ2) is 14.7. The van der Waals surface area contributed by atoms with Gasteiger partial charge in [-0.2, -0.15) is 0 Å². The first-order chi connectivity index (χ1) is 9.72. The van der Waals surface area contributed by atoms with E-state index >= 15 is 0 Å². The molecule has 2 atom stereocenters. The summed E-state index contributed by atoms with van der Waals surface area (Å²) in [5.41, 5.74) is 0. The molecule has 0 N–H and O–H groups in total. The molecule has 1 radical (unpaired) electrons. The summed E-state index contributed by atoms with van der Waals surface area (Å²) in [6, 6.07) is 0. The van der Waals surface area contributed by atoms with Crippen LogP contribution in [0.15, 0.2) is 0 Å². The third-order valence-electron chi connectivity index (χ3n) is 3.33. The number of hydrogen-bond donors (Lipinski definition) is 0. The van der Waals surface area contributed by atoms with Gasteiger partial charge in [-0.15, -0.1) is 0 Å². The van der Waals surface area contributed by atoms with Crippen LogP contribution in [0.3, 0.4) is 0 Å². The van der Waals surface area contributed by atoms with E-state index in [1.165, 1.54) is 51.4 Å². The molecule has 2 unspecified atom stereocenters. The fraction of sp³-hybridized carbons (Fsp3) is 1.00. The summed E-state index contributed by atoms with van der Waals surface area (Å²) < 4.78 is 36.2. The van der Waals surface area contributed by atoms with Gasteiger partial charge >= 0.3 is 16.5 Å². The topological polar surface area (TPSA) is 61.8 Å². The predicted octanol–water partition coefficient (Wildman–Crippen LogP) is 5.62. The average Bonchev–Trinajstić information content (AvgIpc) is 2.40. The fourth-order valence-electron chi connectivity index (χ4n) is 2.21. The van der Waals surface area contributed by atoms with Crippen LogP contribution in [0.2, 0.25) is 0 Å². The van der Waals surface area contributed by atoms with E-state index in [9.17, 15) is 9.13 Å². The first-order valence-electron chi connectivity index (χ1n) is 7.68. The Balaban J connectivity index is 0.00000400. The largest absolute Gasteiger partial charge is 0.750 e. The molecule has 0 aromatic rings. The molecule has 0 saturated carbocycles. The van der Waals surface area contributed by atoms with Crippen LogP contribution in [0.25, 0.3) is 0 Å². The van der Waals surface area contributed by atoms with Gasteiger partial charge in [0.25, 0.3) is 6.29 Å². The quantitative estimate of drug-likeness (QED) is 0.276. The maximum Gasteiger partial charge on any atom is 0.750 e. The van der Waals surface area contributed by atoms with Gasteiger partial charge in [0.05, 0.1) is 0 Å². The van der Waals surface area contributed by atoms with Crippen LogP contribution in [-0.2, 0) is 22.5 Å². The van der Waals surface area contributed by atoms with Crippen molar-refractivity contribution >= 4 is 46.1 Å². The van der Waals surface area contributed by atoms with Crippen molar-refractivity contribution in [2.45, 2.75) is 83.8 Å². The summed E-state index contributed by atoms with van der Waals surface area (Å²) in [5.74, 6) is 0. The minimum Gasteiger partial charge on any atom is -0.0789 e. The molecule has 0 aromatic carbocycles. The Morgan fingerprint density at radius 1 is 0.762 bits per heavy atom. The Bertz CT molecular complexity index is 288.